The van der Waals surface area contributed by atoms with Gasteiger partial charge in [-0.1, -0.05) is 0 Å². The minimum atomic E-state index is -4.44. The first-order chi connectivity index (χ1) is 7.89. The van der Waals surface area contributed by atoms with Crippen LogP contribution in [0.3, 0.4) is 0 Å². The van der Waals surface area contributed by atoms with Gasteiger partial charge in [-0.2, -0.15) is 13.2 Å². The molecule has 2 atom stereocenters. The summed E-state index contributed by atoms with van der Waals surface area (Å²) in [6.45, 7) is 2.45. The molecule has 1 aromatic rings. The molecule has 2 rings (SSSR count). The standard InChI is InChI=1S/C10H13F3N4/c1-6-7(14)3-5-17(6)9-15-4-2-8(16-9)10(11,12)13/h2,4,6-7H,3,5,14H2,1H3. The fourth-order valence-corrected chi connectivity index (χ4v) is 1.89. The Balaban J connectivity index is 2.28. The normalized spacial score (nSPS) is 25.4. The molecule has 0 aromatic carbocycles. The van der Waals surface area contributed by atoms with Gasteiger partial charge in [0.1, 0.15) is 5.69 Å². The van der Waals surface area contributed by atoms with Gasteiger partial charge in [-0.05, 0) is 19.4 Å². The van der Waals surface area contributed by atoms with E-state index in [1.165, 1.54) is 0 Å². The van der Waals surface area contributed by atoms with Gasteiger partial charge < -0.3 is 10.6 Å². The van der Waals surface area contributed by atoms with E-state index in [0.29, 0.717) is 6.54 Å². The van der Waals surface area contributed by atoms with Crippen molar-refractivity contribution in [3.05, 3.63) is 18.0 Å². The summed E-state index contributed by atoms with van der Waals surface area (Å²) < 4.78 is 37.5. The summed E-state index contributed by atoms with van der Waals surface area (Å²) >= 11 is 0. The van der Waals surface area contributed by atoms with Crippen LogP contribution in [0.5, 0.6) is 0 Å². The van der Waals surface area contributed by atoms with Crippen molar-refractivity contribution < 1.29 is 13.2 Å². The Morgan fingerprint density at radius 2 is 2.18 bits per heavy atom. The predicted octanol–water partition coefficient (Wildman–Crippen LogP) is 1.42. The topological polar surface area (TPSA) is 55.0 Å². The van der Waals surface area contributed by atoms with E-state index in [2.05, 4.69) is 9.97 Å². The van der Waals surface area contributed by atoms with Crippen molar-refractivity contribution in [3.63, 3.8) is 0 Å². The fraction of sp³-hybridized carbons (Fsp3) is 0.600. The lowest BCUT2D eigenvalue weighted by molar-refractivity contribution is -0.141. The number of anilines is 1. The van der Waals surface area contributed by atoms with Crippen molar-refractivity contribution in [2.45, 2.75) is 31.6 Å². The first-order valence-electron chi connectivity index (χ1n) is 5.32. The van der Waals surface area contributed by atoms with Crippen LogP contribution >= 0.6 is 0 Å². The largest absolute Gasteiger partial charge is 0.433 e. The summed E-state index contributed by atoms with van der Waals surface area (Å²) in [4.78, 5) is 9.13. The van der Waals surface area contributed by atoms with Crippen LogP contribution in [0.1, 0.15) is 19.0 Å². The number of hydrogen-bond donors (Lipinski definition) is 1. The van der Waals surface area contributed by atoms with Crippen LogP contribution in [0.2, 0.25) is 0 Å². The highest BCUT2D eigenvalue weighted by molar-refractivity contribution is 5.35. The summed E-state index contributed by atoms with van der Waals surface area (Å²) in [5.74, 6) is 0.0975. The van der Waals surface area contributed by atoms with E-state index in [9.17, 15) is 13.2 Å². The van der Waals surface area contributed by atoms with E-state index in [1.54, 1.807) is 4.90 Å². The molecule has 94 valence electrons. The zero-order chi connectivity index (χ0) is 12.6. The molecule has 7 heteroatoms. The Morgan fingerprint density at radius 1 is 1.47 bits per heavy atom. The zero-order valence-corrected chi connectivity index (χ0v) is 9.28. The van der Waals surface area contributed by atoms with Crippen molar-refractivity contribution in [2.24, 2.45) is 5.73 Å². The number of alkyl halides is 3. The molecule has 0 spiro atoms. The van der Waals surface area contributed by atoms with Crippen LogP contribution in [0.4, 0.5) is 19.1 Å². The summed E-state index contributed by atoms with van der Waals surface area (Å²) in [5.41, 5.74) is 4.89. The number of rotatable bonds is 1. The Bertz CT molecular complexity index is 407. The molecule has 0 radical (unpaired) electrons. The lowest BCUT2D eigenvalue weighted by atomic mass is 10.2. The van der Waals surface area contributed by atoms with Crippen molar-refractivity contribution in [1.82, 2.24) is 9.97 Å². The summed E-state index contributed by atoms with van der Waals surface area (Å²) in [6, 6.07) is 0.774. The molecule has 4 nitrogen and oxygen atoms in total. The lowest BCUT2D eigenvalue weighted by Gasteiger charge is -2.23. The van der Waals surface area contributed by atoms with Gasteiger partial charge in [0.2, 0.25) is 5.95 Å². The third-order valence-electron chi connectivity index (χ3n) is 3.00. The first kappa shape index (κ1) is 12.1. The molecule has 2 unspecified atom stereocenters. The lowest BCUT2D eigenvalue weighted by Crippen LogP contribution is -2.37. The molecular weight excluding hydrogens is 233 g/mol. The molecule has 1 aromatic heterocycles. The van der Waals surface area contributed by atoms with E-state index >= 15 is 0 Å². The molecule has 0 amide bonds. The Labute approximate surface area is 96.7 Å². The van der Waals surface area contributed by atoms with Crippen LogP contribution in [-0.4, -0.2) is 28.6 Å². The maximum atomic E-state index is 12.5. The number of nitrogens with zero attached hydrogens (tertiary/aromatic N) is 3. The SMILES string of the molecule is CC1C(N)CCN1c1nccc(C(F)(F)F)n1. The first-order valence-corrected chi connectivity index (χ1v) is 5.32. The minimum absolute atomic E-state index is 0.0431. The molecule has 1 saturated heterocycles. The van der Waals surface area contributed by atoms with Gasteiger partial charge in [0.05, 0.1) is 0 Å². The summed E-state index contributed by atoms with van der Waals surface area (Å²) in [6.07, 6.45) is -2.58. The van der Waals surface area contributed by atoms with Crippen LogP contribution in [0.15, 0.2) is 12.3 Å². The molecule has 1 aliphatic rings. The second-order valence-corrected chi connectivity index (χ2v) is 4.13. The van der Waals surface area contributed by atoms with E-state index in [1.807, 2.05) is 6.92 Å². The summed E-state index contributed by atoms with van der Waals surface area (Å²) in [7, 11) is 0. The molecular formula is C10H13F3N4. The summed E-state index contributed by atoms with van der Waals surface area (Å²) in [5, 5.41) is 0. The zero-order valence-electron chi connectivity index (χ0n) is 9.28. The van der Waals surface area contributed by atoms with Crippen molar-refractivity contribution >= 4 is 5.95 Å². The van der Waals surface area contributed by atoms with Gasteiger partial charge >= 0.3 is 6.18 Å². The third-order valence-corrected chi connectivity index (χ3v) is 3.00. The quantitative estimate of drug-likeness (QED) is 0.814. The van der Waals surface area contributed by atoms with Crippen LogP contribution in [-0.2, 0) is 6.18 Å². The average Bonchev–Trinajstić information content (AvgIpc) is 2.59. The van der Waals surface area contributed by atoms with E-state index in [0.717, 1.165) is 18.7 Å². The van der Waals surface area contributed by atoms with Crippen molar-refractivity contribution in [1.29, 1.82) is 0 Å². The van der Waals surface area contributed by atoms with Crippen LogP contribution in [0.25, 0.3) is 0 Å². The maximum Gasteiger partial charge on any atom is 0.433 e. The van der Waals surface area contributed by atoms with Gasteiger partial charge in [0, 0.05) is 24.8 Å². The van der Waals surface area contributed by atoms with Gasteiger partial charge in [-0.25, -0.2) is 9.97 Å². The molecule has 0 bridgehead atoms. The van der Waals surface area contributed by atoms with E-state index < -0.39 is 11.9 Å². The molecule has 1 fully saturated rings. The Hall–Kier alpha value is -1.37. The van der Waals surface area contributed by atoms with Crippen molar-refractivity contribution in [2.75, 3.05) is 11.4 Å². The molecule has 17 heavy (non-hydrogen) atoms. The third kappa shape index (κ3) is 2.33. The minimum Gasteiger partial charge on any atom is -0.336 e. The van der Waals surface area contributed by atoms with E-state index in [-0.39, 0.29) is 18.0 Å². The molecule has 0 aliphatic carbocycles. The molecule has 2 heterocycles. The number of aromatic nitrogens is 2. The molecule has 0 saturated carbocycles. The number of nitrogens with two attached hydrogens (primary N) is 1. The predicted molar refractivity (Wildman–Crippen MR) is 56.4 cm³/mol. The number of hydrogen-bond acceptors (Lipinski definition) is 4. The maximum absolute atomic E-state index is 12.5. The smallest absolute Gasteiger partial charge is 0.336 e. The Kier molecular flexibility index (Phi) is 2.94. The van der Waals surface area contributed by atoms with Gasteiger partial charge in [-0.3, -0.25) is 0 Å². The van der Waals surface area contributed by atoms with Gasteiger partial charge in [-0.15, -0.1) is 0 Å². The van der Waals surface area contributed by atoms with Crippen LogP contribution in [0, 0.1) is 0 Å². The highest BCUT2D eigenvalue weighted by atomic mass is 19.4. The Morgan fingerprint density at radius 3 is 2.71 bits per heavy atom. The molecule has 1 aliphatic heterocycles. The van der Waals surface area contributed by atoms with Gasteiger partial charge in [0.25, 0.3) is 0 Å². The number of halogens is 3. The highest BCUT2D eigenvalue weighted by Crippen LogP contribution is 2.29. The van der Waals surface area contributed by atoms with Gasteiger partial charge in [0.15, 0.2) is 0 Å². The van der Waals surface area contributed by atoms with Crippen molar-refractivity contribution in [3.8, 4) is 0 Å². The average molecular weight is 246 g/mol. The molecule has 2 N–H and O–H groups in total. The highest BCUT2D eigenvalue weighted by Gasteiger charge is 2.35. The van der Waals surface area contributed by atoms with E-state index in [4.69, 9.17) is 5.73 Å². The fourth-order valence-electron chi connectivity index (χ4n) is 1.89. The second-order valence-electron chi connectivity index (χ2n) is 4.13. The van der Waals surface area contributed by atoms with Crippen LogP contribution < -0.4 is 10.6 Å². The monoisotopic (exact) mass is 246 g/mol. The second kappa shape index (κ2) is 4.14.